The molecule has 0 spiro atoms. The van der Waals surface area contributed by atoms with Crippen molar-refractivity contribution < 1.29 is 0 Å². The molecule has 2 N–H and O–H groups in total. The summed E-state index contributed by atoms with van der Waals surface area (Å²) in [6, 6.07) is 54.1. The Labute approximate surface area is 329 Å². The van der Waals surface area contributed by atoms with E-state index in [1.54, 1.807) is 0 Å². The van der Waals surface area contributed by atoms with Crippen LogP contribution in [-0.4, -0.2) is 24.1 Å². The summed E-state index contributed by atoms with van der Waals surface area (Å²) in [5, 5.41) is 3.50. The number of pyridine rings is 3. The van der Waals surface area contributed by atoms with E-state index < -0.39 is 5.41 Å². The molecule has 10 aromatic rings. The quantitative estimate of drug-likeness (QED) is 0.185. The molecule has 0 unspecified atom stereocenters. The maximum atomic E-state index is 6.74. The Bertz CT molecular complexity index is 3140. The molecule has 270 valence electrons. The molecule has 0 atom stereocenters. The van der Waals surface area contributed by atoms with E-state index in [-0.39, 0.29) is 0 Å². The maximum Gasteiger partial charge on any atom is 0.116 e. The minimum absolute atomic E-state index is 0.692. The molecule has 0 fully saturated rings. The highest BCUT2D eigenvalue weighted by Crippen LogP contribution is 2.57. The van der Waals surface area contributed by atoms with Crippen molar-refractivity contribution in [1.29, 1.82) is 0 Å². The lowest BCUT2D eigenvalue weighted by Gasteiger charge is -2.31. The molecule has 6 nitrogen and oxygen atoms in total. The topological polar surface area (TPSA) is 74.5 Å². The monoisotopic (exact) mass is 732 g/mol. The van der Waals surface area contributed by atoms with E-state index in [2.05, 4.69) is 154 Å². The van der Waals surface area contributed by atoms with Crippen LogP contribution in [0, 0.1) is 0 Å². The third-order valence-corrected chi connectivity index (χ3v) is 11.7. The molecule has 0 aliphatic heterocycles. The first-order chi connectivity index (χ1) is 28.2. The number of nitrogens with two attached hydrogens (primary N) is 1. The van der Waals surface area contributed by atoms with Gasteiger partial charge < -0.3 is 10.3 Å². The zero-order valence-electron chi connectivity index (χ0n) is 31.2. The van der Waals surface area contributed by atoms with Gasteiger partial charge in [0.05, 0.1) is 34.1 Å². The first kappa shape index (κ1) is 32.8. The molecule has 5 aromatic carbocycles. The Morgan fingerprint density at radius 1 is 0.544 bits per heavy atom. The van der Waals surface area contributed by atoms with E-state index >= 15 is 0 Å². The molecule has 6 heteroatoms. The fraction of sp³-hybridized carbons (Fsp3) is 0.0392. The van der Waals surface area contributed by atoms with Crippen LogP contribution in [0.15, 0.2) is 183 Å². The number of allylic oxidation sites excluding steroid dienone is 1. The van der Waals surface area contributed by atoms with Crippen LogP contribution < -0.4 is 5.73 Å². The second-order valence-corrected chi connectivity index (χ2v) is 14.6. The summed E-state index contributed by atoms with van der Waals surface area (Å²) >= 11 is 0. The van der Waals surface area contributed by atoms with E-state index in [1.165, 1.54) is 38.5 Å². The second kappa shape index (κ2) is 12.8. The normalized spacial score (nSPS) is 13.1. The highest BCUT2D eigenvalue weighted by atomic mass is 15.1. The summed E-state index contributed by atoms with van der Waals surface area (Å²) in [5.41, 5.74) is 21.4. The summed E-state index contributed by atoms with van der Waals surface area (Å²) in [6.07, 6.45) is 11.6. The molecular weight excluding hydrogens is 697 g/mol. The zero-order chi connectivity index (χ0) is 38.1. The van der Waals surface area contributed by atoms with E-state index in [1.807, 2.05) is 56.0 Å². The highest BCUT2D eigenvalue weighted by molar-refractivity contribution is 6.16. The van der Waals surface area contributed by atoms with Crippen molar-refractivity contribution in [1.82, 2.24) is 24.1 Å². The molecule has 0 saturated carbocycles. The first-order valence-corrected chi connectivity index (χ1v) is 19.3. The average molecular weight is 733 g/mol. The number of fused-ring (bicyclic) bond motifs is 8. The van der Waals surface area contributed by atoms with Crippen LogP contribution in [0.3, 0.4) is 0 Å². The number of anilines is 1. The number of nitrogen functional groups attached to an aromatic ring is 1. The fourth-order valence-corrected chi connectivity index (χ4v) is 9.34. The van der Waals surface area contributed by atoms with E-state index in [4.69, 9.17) is 15.7 Å². The number of aromatic nitrogens is 5. The number of hydrogen-bond acceptors (Lipinski definition) is 4. The Kier molecular flexibility index (Phi) is 7.34. The molecule has 0 radical (unpaired) electrons. The predicted molar refractivity (Wildman–Crippen MR) is 233 cm³/mol. The minimum atomic E-state index is -0.692. The van der Waals surface area contributed by atoms with Gasteiger partial charge in [0.15, 0.2) is 0 Å². The Morgan fingerprint density at radius 2 is 1.19 bits per heavy atom. The van der Waals surface area contributed by atoms with Gasteiger partial charge in [-0.1, -0.05) is 103 Å². The maximum absolute atomic E-state index is 6.74. The van der Waals surface area contributed by atoms with Crippen LogP contribution in [0.5, 0.6) is 0 Å². The van der Waals surface area contributed by atoms with Crippen molar-refractivity contribution in [3.05, 3.63) is 211 Å². The van der Waals surface area contributed by atoms with Gasteiger partial charge in [-0.2, -0.15) is 0 Å². The van der Waals surface area contributed by atoms with Crippen LogP contribution in [0.2, 0.25) is 0 Å². The van der Waals surface area contributed by atoms with Gasteiger partial charge in [0.25, 0.3) is 0 Å². The van der Waals surface area contributed by atoms with Gasteiger partial charge >= 0.3 is 0 Å². The van der Waals surface area contributed by atoms with Crippen molar-refractivity contribution in [2.45, 2.75) is 12.3 Å². The second-order valence-electron chi connectivity index (χ2n) is 14.6. The molecule has 5 heterocycles. The Morgan fingerprint density at radius 3 is 1.88 bits per heavy atom. The molecule has 5 aromatic heterocycles. The van der Waals surface area contributed by atoms with E-state index in [0.717, 1.165) is 55.9 Å². The van der Waals surface area contributed by atoms with Gasteiger partial charge in [-0.3, -0.25) is 19.5 Å². The smallest absolute Gasteiger partial charge is 0.116 e. The standard InChI is InChI=1S/C51H36N6/c1-2-11-40-38-28-31-53-32-45(38)57(50(40)52)36-24-20-34(21-25-36)33-18-22-35(23-19-33)56-44-15-6-4-12-37(44)39-26-27-43-48(49(39)56)41-13-3-5-14-42(41)51(43,46-16-7-9-29-54-46)47-17-8-10-30-55-47/h2-32H,52H2,1H3/b11-2-. The molecule has 0 saturated heterocycles. The predicted octanol–water partition coefficient (Wildman–Crippen LogP) is 11.6. The van der Waals surface area contributed by atoms with Gasteiger partial charge in [-0.15, -0.1) is 0 Å². The average Bonchev–Trinajstić information content (AvgIpc) is 3.88. The molecule has 57 heavy (non-hydrogen) atoms. The molecular formula is C51H36N6. The van der Waals surface area contributed by atoms with E-state index in [9.17, 15) is 0 Å². The lowest BCUT2D eigenvalue weighted by Crippen LogP contribution is -2.30. The summed E-state index contributed by atoms with van der Waals surface area (Å²) < 4.78 is 4.52. The summed E-state index contributed by atoms with van der Waals surface area (Å²) in [7, 11) is 0. The van der Waals surface area contributed by atoms with Crippen LogP contribution >= 0.6 is 0 Å². The Balaban J connectivity index is 1.08. The number of nitrogens with zero attached hydrogens (tertiary/aromatic N) is 5. The van der Waals surface area contributed by atoms with Crippen molar-refractivity contribution in [3.63, 3.8) is 0 Å². The van der Waals surface area contributed by atoms with Crippen molar-refractivity contribution in [3.8, 4) is 33.6 Å². The fourth-order valence-electron chi connectivity index (χ4n) is 9.34. The molecule has 11 rings (SSSR count). The minimum Gasteiger partial charge on any atom is -0.384 e. The zero-order valence-corrected chi connectivity index (χ0v) is 31.2. The molecule has 1 aliphatic rings. The van der Waals surface area contributed by atoms with Gasteiger partial charge in [-0.05, 0) is 95.4 Å². The number of rotatable bonds is 6. The molecule has 1 aliphatic carbocycles. The van der Waals surface area contributed by atoms with Crippen LogP contribution in [0.25, 0.3) is 72.4 Å². The lowest BCUT2D eigenvalue weighted by atomic mass is 9.72. The third kappa shape index (κ3) is 4.68. The summed E-state index contributed by atoms with van der Waals surface area (Å²) in [5.74, 6) is 0.700. The first-order valence-electron chi connectivity index (χ1n) is 19.3. The van der Waals surface area contributed by atoms with Gasteiger partial charge in [-0.25, -0.2) is 0 Å². The van der Waals surface area contributed by atoms with Crippen LogP contribution in [0.1, 0.15) is 35.0 Å². The molecule has 0 amide bonds. The van der Waals surface area contributed by atoms with Gasteiger partial charge in [0.1, 0.15) is 11.2 Å². The van der Waals surface area contributed by atoms with Gasteiger partial charge in [0, 0.05) is 57.3 Å². The summed E-state index contributed by atoms with van der Waals surface area (Å²) in [6.45, 7) is 2.01. The highest BCUT2D eigenvalue weighted by Gasteiger charge is 2.49. The van der Waals surface area contributed by atoms with Gasteiger partial charge in [0.2, 0.25) is 0 Å². The van der Waals surface area contributed by atoms with E-state index in [0.29, 0.717) is 5.82 Å². The Hall–Kier alpha value is -7.57. The largest absolute Gasteiger partial charge is 0.384 e. The van der Waals surface area contributed by atoms with Crippen molar-refractivity contribution in [2.75, 3.05) is 5.73 Å². The van der Waals surface area contributed by atoms with Crippen molar-refractivity contribution in [2.24, 2.45) is 0 Å². The SMILES string of the molecule is C/C=C\c1c(N)n(-c2ccc(-c3ccc(-n4c5ccccc5c5ccc6c(c54)-c4ccccc4C6(c4ccccn4)c4ccccn4)cc3)cc2)c2cnccc12. The van der Waals surface area contributed by atoms with Crippen molar-refractivity contribution >= 4 is 44.6 Å². The number of para-hydroxylation sites is 1. The molecule has 0 bridgehead atoms. The lowest BCUT2D eigenvalue weighted by molar-refractivity contribution is 0.706. The van der Waals surface area contributed by atoms with Crippen LogP contribution in [0.4, 0.5) is 5.82 Å². The number of benzene rings is 5. The summed E-state index contributed by atoms with van der Waals surface area (Å²) in [4.78, 5) is 14.5. The third-order valence-electron chi connectivity index (χ3n) is 11.7. The van der Waals surface area contributed by atoms with Crippen LogP contribution in [-0.2, 0) is 5.41 Å². The number of hydrogen-bond donors (Lipinski definition) is 1.